The molecule has 1 saturated heterocycles. The number of pyridine rings is 1. The highest BCUT2D eigenvalue weighted by atomic mass is 28.3. The first-order valence-corrected chi connectivity index (χ1v) is 15.6. The van der Waals surface area contributed by atoms with Crippen molar-refractivity contribution in [2.45, 2.75) is 52.2 Å². The first-order chi connectivity index (χ1) is 16.1. The van der Waals surface area contributed by atoms with Gasteiger partial charge in [0.05, 0.1) is 12.3 Å². The minimum atomic E-state index is -1.23. The lowest BCUT2D eigenvalue weighted by molar-refractivity contribution is 0.0455. The number of hydrogen-bond acceptors (Lipinski definition) is 7. The van der Waals surface area contributed by atoms with Gasteiger partial charge in [0.25, 0.3) is 0 Å². The van der Waals surface area contributed by atoms with Gasteiger partial charge in [-0.25, -0.2) is 19.3 Å². The number of carbonyl (C=O) groups excluding carboxylic acids is 1. The Labute approximate surface area is 201 Å². The molecule has 9 nitrogen and oxygen atoms in total. The van der Waals surface area contributed by atoms with E-state index in [9.17, 15) is 14.7 Å². The van der Waals surface area contributed by atoms with Crippen LogP contribution < -0.4 is 4.90 Å². The van der Waals surface area contributed by atoms with Crippen molar-refractivity contribution in [3.05, 3.63) is 40.8 Å². The average Bonchev–Trinajstić information content (AvgIpc) is 3.17. The Hall–Kier alpha value is -2.72. The topological polar surface area (TPSA) is 107 Å². The zero-order valence-electron chi connectivity index (χ0n) is 20.4. The second-order valence-electron chi connectivity index (χ2n) is 10.4. The summed E-state index contributed by atoms with van der Waals surface area (Å²) in [4.78, 5) is 31.1. The van der Waals surface area contributed by atoms with Crippen molar-refractivity contribution in [3.8, 4) is 0 Å². The number of ether oxygens (including phenoxy) is 2. The van der Waals surface area contributed by atoms with Gasteiger partial charge in [0.1, 0.15) is 18.2 Å². The standard InChI is InChI=1S/C24H34N4O5Si/c1-5-33-24(31)20-12-19(26-28(20)15-32-8-9-34(2,3)4)11-16-6-7-21(25-22(16)23(29)30)27-13-17-10-18(17)14-27/h6-7,12,17-18H,5,8-11,13-15H2,1-4H3,(H,29,30). The molecule has 0 bridgehead atoms. The van der Waals surface area contributed by atoms with Crippen molar-refractivity contribution >= 4 is 25.8 Å². The van der Waals surface area contributed by atoms with E-state index in [2.05, 4.69) is 34.6 Å². The molecule has 2 fully saturated rings. The predicted octanol–water partition coefficient (Wildman–Crippen LogP) is 3.51. The van der Waals surface area contributed by atoms with Gasteiger partial charge >= 0.3 is 11.9 Å². The van der Waals surface area contributed by atoms with Crippen LogP contribution in [0.25, 0.3) is 0 Å². The Kier molecular flexibility index (Phi) is 7.08. The normalized spacial score (nSPS) is 19.2. The number of hydrogen-bond donors (Lipinski definition) is 1. The maximum Gasteiger partial charge on any atom is 0.356 e. The molecule has 184 valence electrons. The molecule has 2 unspecified atom stereocenters. The van der Waals surface area contributed by atoms with Crippen LogP contribution in [0.2, 0.25) is 25.7 Å². The summed E-state index contributed by atoms with van der Waals surface area (Å²) in [5.41, 5.74) is 1.44. The van der Waals surface area contributed by atoms with Gasteiger partial charge in [0, 0.05) is 34.2 Å². The first kappa shape index (κ1) is 24.4. The van der Waals surface area contributed by atoms with E-state index < -0.39 is 20.0 Å². The van der Waals surface area contributed by atoms with Gasteiger partial charge in [-0.2, -0.15) is 5.10 Å². The molecule has 0 radical (unpaired) electrons. The molecule has 0 spiro atoms. The molecule has 10 heteroatoms. The minimum absolute atomic E-state index is 0.0247. The summed E-state index contributed by atoms with van der Waals surface area (Å²) in [6, 6.07) is 6.35. The molecule has 0 amide bonds. The summed E-state index contributed by atoms with van der Waals surface area (Å²) in [7, 11) is -1.23. The third-order valence-corrected chi connectivity index (χ3v) is 8.07. The summed E-state index contributed by atoms with van der Waals surface area (Å²) >= 11 is 0. The van der Waals surface area contributed by atoms with Crippen molar-refractivity contribution in [2.24, 2.45) is 11.8 Å². The summed E-state index contributed by atoms with van der Waals surface area (Å²) in [5, 5.41) is 14.3. The van der Waals surface area contributed by atoms with Crippen LogP contribution in [0.1, 0.15) is 45.6 Å². The Bertz CT molecular complexity index is 1050. The molecule has 1 aliphatic carbocycles. The molecule has 1 N–H and O–H groups in total. The van der Waals surface area contributed by atoms with E-state index >= 15 is 0 Å². The van der Waals surface area contributed by atoms with Crippen LogP contribution in [-0.2, 0) is 22.6 Å². The van der Waals surface area contributed by atoms with E-state index in [1.807, 2.05) is 12.1 Å². The number of carboxylic acid groups (broad SMARTS) is 1. The maximum absolute atomic E-state index is 12.5. The third kappa shape index (κ3) is 5.85. The molecule has 0 aromatic carbocycles. The number of nitrogens with zero attached hydrogens (tertiary/aromatic N) is 4. The van der Waals surface area contributed by atoms with Crippen LogP contribution in [0.3, 0.4) is 0 Å². The van der Waals surface area contributed by atoms with Crippen molar-refractivity contribution in [1.82, 2.24) is 14.8 Å². The van der Waals surface area contributed by atoms with Gasteiger partial charge < -0.3 is 19.5 Å². The quantitative estimate of drug-likeness (QED) is 0.292. The summed E-state index contributed by atoms with van der Waals surface area (Å²) < 4.78 is 12.5. The lowest BCUT2D eigenvalue weighted by Crippen LogP contribution is -2.24. The molecule has 1 aliphatic heterocycles. The van der Waals surface area contributed by atoms with Gasteiger partial charge in [-0.15, -0.1) is 0 Å². The Morgan fingerprint density at radius 2 is 1.94 bits per heavy atom. The monoisotopic (exact) mass is 486 g/mol. The number of carboxylic acids is 1. The Balaban J connectivity index is 1.51. The minimum Gasteiger partial charge on any atom is -0.477 e. The number of aromatic nitrogens is 3. The van der Waals surface area contributed by atoms with Crippen molar-refractivity contribution < 1.29 is 24.2 Å². The lowest BCUT2D eigenvalue weighted by Gasteiger charge is -2.20. The van der Waals surface area contributed by atoms with E-state index in [0.717, 1.165) is 31.0 Å². The third-order valence-electron chi connectivity index (χ3n) is 6.37. The molecular formula is C24H34N4O5Si. The molecule has 2 aliphatic rings. The molecule has 2 atom stereocenters. The first-order valence-electron chi connectivity index (χ1n) is 11.9. The van der Waals surface area contributed by atoms with Crippen molar-refractivity contribution in [1.29, 1.82) is 0 Å². The van der Waals surface area contributed by atoms with Gasteiger partial charge in [0.2, 0.25) is 0 Å². The highest BCUT2D eigenvalue weighted by Gasteiger charge is 2.45. The predicted molar refractivity (Wildman–Crippen MR) is 130 cm³/mol. The van der Waals surface area contributed by atoms with Crippen LogP contribution in [0.15, 0.2) is 18.2 Å². The van der Waals surface area contributed by atoms with Gasteiger partial charge in [-0.3, -0.25) is 0 Å². The fraction of sp³-hybridized carbons (Fsp3) is 0.583. The van der Waals surface area contributed by atoms with Crippen LogP contribution >= 0.6 is 0 Å². The summed E-state index contributed by atoms with van der Waals surface area (Å²) in [5.74, 6) is 0.623. The number of rotatable bonds is 11. The molecule has 3 heterocycles. The molecule has 1 saturated carbocycles. The van der Waals surface area contributed by atoms with E-state index in [1.165, 1.54) is 11.1 Å². The van der Waals surface area contributed by atoms with Crippen LogP contribution in [0, 0.1) is 11.8 Å². The number of aromatic carboxylic acids is 1. The van der Waals surface area contributed by atoms with Gasteiger partial charge in [-0.1, -0.05) is 25.7 Å². The summed E-state index contributed by atoms with van der Waals surface area (Å²) in [6.45, 7) is 11.5. The van der Waals surface area contributed by atoms with E-state index in [4.69, 9.17) is 9.47 Å². The van der Waals surface area contributed by atoms with Crippen molar-refractivity contribution in [2.75, 3.05) is 31.2 Å². The number of piperidine rings is 1. The van der Waals surface area contributed by atoms with E-state index in [-0.39, 0.29) is 25.5 Å². The van der Waals surface area contributed by atoms with Crippen molar-refractivity contribution in [3.63, 3.8) is 0 Å². The molecule has 4 rings (SSSR count). The number of carbonyl (C=O) groups is 2. The van der Waals surface area contributed by atoms with Gasteiger partial charge in [0.15, 0.2) is 5.69 Å². The van der Waals surface area contributed by atoms with Crippen LogP contribution in [-0.4, -0.2) is 66.2 Å². The zero-order valence-corrected chi connectivity index (χ0v) is 21.4. The van der Waals surface area contributed by atoms with Gasteiger partial charge in [-0.05, 0) is 48.9 Å². The van der Waals surface area contributed by atoms with E-state index in [1.54, 1.807) is 13.0 Å². The number of anilines is 1. The molecule has 2 aromatic rings. The average molecular weight is 487 g/mol. The SMILES string of the molecule is CCOC(=O)c1cc(Cc2ccc(N3CC4CC4C3)nc2C(=O)O)nn1COCC[Si](C)(C)C. The smallest absolute Gasteiger partial charge is 0.356 e. The fourth-order valence-corrected chi connectivity index (χ4v) is 5.07. The largest absolute Gasteiger partial charge is 0.477 e. The number of esters is 1. The maximum atomic E-state index is 12.5. The Morgan fingerprint density at radius 1 is 1.21 bits per heavy atom. The molecular weight excluding hydrogens is 452 g/mol. The zero-order chi connectivity index (χ0) is 24.5. The fourth-order valence-electron chi connectivity index (χ4n) is 4.32. The highest BCUT2D eigenvalue weighted by molar-refractivity contribution is 6.76. The highest BCUT2D eigenvalue weighted by Crippen LogP contribution is 2.46. The summed E-state index contributed by atoms with van der Waals surface area (Å²) in [6.07, 6.45) is 1.52. The second-order valence-corrected chi connectivity index (χ2v) is 16.0. The lowest BCUT2D eigenvalue weighted by atomic mass is 10.1. The van der Waals surface area contributed by atoms with Crippen LogP contribution in [0.4, 0.5) is 5.82 Å². The molecule has 34 heavy (non-hydrogen) atoms. The molecule has 2 aromatic heterocycles. The Morgan fingerprint density at radius 3 is 2.59 bits per heavy atom. The van der Waals surface area contributed by atoms with Crippen LogP contribution in [0.5, 0.6) is 0 Å². The van der Waals surface area contributed by atoms with E-state index in [0.29, 0.717) is 29.4 Å². The number of fused-ring (bicyclic) bond motifs is 1. The second kappa shape index (κ2) is 9.87.